The zero-order valence-electron chi connectivity index (χ0n) is 20.1. The second-order valence-corrected chi connectivity index (χ2v) is 11.1. The van der Waals surface area contributed by atoms with Gasteiger partial charge >= 0.3 is 0 Å². The molecule has 2 heterocycles. The lowest BCUT2D eigenvalue weighted by Crippen LogP contribution is -2.40. The number of likely N-dealkylation sites (tertiary alicyclic amines) is 1. The number of anilines is 1. The second kappa shape index (κ2) is 10.9. The van der Waals surface area contributed by atoms with Crippen molar-refractivity contribution >= 4 is 21.6 Å². The minimum absolute atomic E-state index is 0.0422. The van der Waals surface area contributed by atoms with E-state index >= 15 is 0 Å². The first kappa shape index (κ1) is 24.7. The van der Waals surface area contributed by atoms with E-state index in [1.165, 1.54) is 0 Å². The van der Waals surface area contributed by atoms with Gasteiger partial charge < -0.3 is 9.64 Å². The van der Waals surface area contributed by atoms with Crippen LogP contribution < -0.4 is 4.72 Å². The van der Waals surface area contributed by atoms with Gasteiger partial charge in [0.1, 0.15) is 0 Å². The minimum atomic E-state index is -3.74. The number of sulfonamides is 1. The normalized spacial score (nSPS) is 18.1. The maximum Gasteiger partial charge on any atom is 0.262 e. The molecule has 4 rings (SSSR count). The molecule has 0 atom stereocenters. The second-order valence-electron chi connectivity index (χ2n) is 9.43. The number of hydrogen-bond donors (Lipinski definition) is 1. The van der Waals surface area contributed by atoms with Crippen LogP contribution in [0.4, 0.5) is 5.69 Å². The Kier molecular flexibility index (Phi) is 7.91. The van der Waals surface area contributed by atoms with Crippen molar-refractivity contribution in [1.82, 2.24) is 9.80 Å². The molecule has 2 aliphatic rings. The predicted molar refractivity (Wildman–Crippen MR) is 134 cm³/mol. The van der Waals surface area contributed by atoms with E-state index in [0.717, 1.165) is 70.8 Å². The predicted octanol–water partition coefficient (Wildman–Crippen LogP) is 3.68. The fourth-order valence-electron chi connectivity index (χ4n) is 4.72. The molecule has 184 valence electrons. The molecule has 2 fully saturated rings. The quantitative estimate of drug-likeness (QED) is 0.647. The largest absolute Gasteiger partial charge is 0.379 e. The molecule has 2 aromatic carbocycles. The molecule has 0 unspecified atom stereocenters. The molecule has 7 nitrogen and oxygen atoms in total. The molecule has 2 saturated heterocycles. The summed E-state index contributed by atoms with van der Waals surface area (Å²) in [5.74, 6) is 0.599. The topological polar surface area (TPSA) is 79.0 Å². The monoisotopic (exact) mass is 485 g/mol. The number of carbonyl (C=O) groups is 1. The Morgan fingerprint density at radius 1 is 1.03 bits per heavy atom. The molecule has 1 amide bonds. The lowest BCUT2D eigenvalue weighted by atomic mass is 9.93. The van der Waals surface area contributed by atoms with Gasteiger partial charge in [0.05, 0.1) is 18.1 Å². The highest BCUT2D eigenvalue weighted by Gasteiger charge is 2.25. The number of hydrogen-bond acceptors (Lipinski definition) is 5. The Balaban J connectivity index is 1.34. The zero-order chi connectivity index (χ0) is 24.1. The molecule has 0 aromatic heterocycles. The average Bonchev–Trinajstić information content (AvgIpc) is 2.84. The first-order chi connectivity index (χ1) is 16.3. The van der Waals surface area contributed by atoms with Crippen LogP contribution in [-0.4, -0.2) is 70.1 Å². The third-order valence-electron chi connectivity index (χ3n) is 6.85. The zero-order valence-corrected chi connectivity index (χ0v) is 20.9. The van der Waals surface area contributed by atoms with Crippen molar-refractivity contribution in [2.24, 2.45) is 5.92 Å². The van der Waals surface area contributed by atoms with Gasteiger partial charge in [-0.1, -0.05) is 18.2 Å². The number of nitrogens with one attached hydrogen (secondary N) is 1. The Labute approximate surface area is 203 Å². The molecule has 2 aliphatic heterocycles. The van der Waals surface area contributed by atoms with Gasteiger partial charge in [0, 0.05) is 37.4 Å². The van der Waals surface area contributed by atoms with Crippen molar-refractivity contribution in [3.8, 4) is 0 Å². The number of aryl methyl sites for hydroxylation is 2. The van der Waals surface area contributed by atoms with E-state index in [-0.39, 0.29) is 10.8 Å². The van der Waals surface area contributed by atoms with Gasteiger partial charge in [-0.2, -0.15) is 0 Å². The summed E-state index contributed by atoms with van der Waals surface area (Å²) in [5.41, 5.74) is 2.46. The molecule has 0 aliphatic carbocycles. The van der Waals surface area contributed by atoms with Crippen molar-refractivity contribution in [1.29, 1.82) is 0 Å². The van der Waals surface area contributed by atoms with Crippen molar-refractivity contribution in [2.45, 2.75) is 38.0 Å². The number of morpholine rings is 1. The van der Waals surface area contributed by atoms with Crippen LogP contribution in [0.2, 0.25) is 0 Å². The Hall–Kier alpha value is -2.42. The van der Waals surface area contributed by atoms with E-state index in [4.69, 9.17) is 4.74 Å². The van der Waals surface area contributed by atoms with Gasteiger partial charge in [-0.3, -0.25) is 14.4 Å². The lowest BCUT2D eigenvalue weighted by Gasteiger charge is -2.34. The van der Waals surface area contributed by atoms with Gasteiger partial charge in [-0.15, -0.1) is 0 Å². The summed E-state index contributed by atoms with van der Waals surface area (Å²) in [5, 5.41) is 0. The van der Waals surface area contributed by atoms with Crippen molar-refractivity contribution in [3.05, 3.63) is 59.2 Å². The number of amides is 1. The van der Waals surface area contributed by atoms with Crippen LogP contribution in [0.15, 0.2) is 47.4 Å². The molecular formula is C26H35N3O4S. The maximum atomic E-state index is 13.1. The third kappa shape index (κ3) is 6.17. The van der Waals surface area contributed by atoms with E-state index in [2.05, 4.69) is 9.62 Å². The Bertz CT molecular complexity index is 1100. The summed E-state index contributed by atoms with van der Waals surface area (Å²) in [6.45, 7) is 9.91. The Morgan fingerprint density at radius 3 is 2.50 bits per heavy atom. The Morgan fingerprint density at radius 2 is 1.76 bits per heavy atom. The number of nitrogens with zero attached hydrogens (tertiary/aromatic N) is 2. The van der Waals surface area contributed by atoms with Crippen LogP contribution >= 0.6 is 0 Å². The molecule has 1 N–H and O–H groups in total. The summed E-state index contributed by atoms with van der Waals surface area (Å²) in [6, 6.07) is 12.1. The molecule has 8 heteroatoms. The first-order valence-corrected chi connectivity index (χ1v) is 13.6. The number of carbonyl (C=O) groups excluding carboxylic acids is 1. The van der Waals surface area contributed by atoms with Gasteiger partial charge in [-0.05, 0) is 81.0 Å². The van der Waals surface area contributed by atoms with E-state index in [1.54, 1.807) is 43.3 Å². The molecule has 0 spiro atoms. The molecular weight excluding hydrogens is 450 g/mol. The summed E-state index contributed by atoms with van der Waals surface area (Å²) in [7, 11) is -3.74. The van der Waals surface area contributed by atoms with Crippen molar-refractivity contribution in [2.75, 3.05) is 50.7 Å². The number of benzene rings is 2. The summed E-state index contributed by atoms with van der Waals surface area (Å²) in [6.07, 6.45) is 3.18. The van der Waals surface area contributed by atoms with Crippen LogP contribution in [0.25, 0.3) is 0 Å². The maximum absolute atomic E-state index is 13.1. The number of rotatable bonds is 7. The van der Waals surface area contributed by atoms with E-state index in [1.807, 2.05) is 17.9 Å². The van der Waals surface area contributed by atoms with Crippen LogP contribution in [-0.2, 0) is 14.8 Å². The molecule has 0 saturated carbocycles. The number of ether oxygens (including phenoxy) is 1. The highest BCUT2D eigenvalue weighted by atomic mass is 32.2. The number of piperidine rings is 1. The van der Waals surface area contributed by atoms with Crippen LogP contribution in [0.5, 0.6) is 0 Å². The van der Waals surface area contributed by atoms with Crippen LogP contribution in [0.3, 0.4) is 0 Å². The highest BCUT2D eigenvalue weighted by Crippen LogP contribution is 2.25. The van der Waals surface area contributed by atoms with Gasteiger partial charge in [0.15, 0.2) is 0 Å². The highest BCUT2D eigenvalue weighted by molar-refractivity contribution is 7.92. The summed E-state index contributed by atoms with van der Waals surface area (Å²) in [4.78, 5) is 17.7. The average molecular weight is 486 g/mol. The third-order valence-corrected chi connectivity index (χ3v) is 8.38. The minimum Gasteiger partial charge on any atom is -0.379 e. The standard InChI is InChI=1S/C26H35N3O4S/c1-20-6-7-21(2)25(18-20)34(31,32)27-24-5-3-4-23(19-24)26(30)29-12-9-22(10-13-29)8-11-28-14-16-33-17-15-28/h3-7,18-19,22,27H,8-17H2,1-2H3. The van der Waals surface area contributed by atoms with Gasteiger partial charge in [0.2, 0.25) is 0 Å². The van der Waals surface area contributed by atoms with Gasteiger partial charge in [-0.25, -0.2) is 8.42 Å². The lowest BCUT2D eigenvalue weighted by molar-refractivity contribution is 0.0332. The fourth-order valence-corrected chi connectivity index (χ4v) is 6.10. The van der Waals surface area contributed by atoms with Gasteiger partial charge in [0.25, 0.3) is 15.9 Å². The molecule has 2 aromatic rings. The SMILES string of the molecule is Cc1ccc(C)c(S(=O)(=O)Nc2cccc(C(=O)N3CCC(CCN4CCOCC4)CC3)c2)c1. The van der Waals surface area contributed by atoms with Crippen molar-refractivity contribution in [3.63, 3.8) is 0 Å². The fraction of sp³-hybridized carbons (Fsp3) is 0.500. The molecule has 0 radical (unpaired) electrons. The first-order valence-electron chi connectivity index (χ1n) is 12.1. The molecule has 34 heavy (non-hydrogen) atoms. The summed E-state index contributed by atoms with van der Waals surface area (Å²) >= 11 is 0. The van der Waals surface area contributed by atoms with Crippen LogP contribution in [0.1, 0.15) is 40.7 Å². The smallest absolute Gasteiger partial charge is 0.262 e. The van der Waals surface area contributed by atoms with E-state index < -0.39 is 10.0 Å². The van der Waals surface area contributed by atoms with E-state index in [9.17, 15) is 13.2 Å². The van der Waals surface area contributed by atoms with Crippen LogP contribution in [0, 0.1) is 19.8 Å². The van der Waals surface area contributed by atoms with Crippen molar-refractivity contribution < 1.29 is 17.9 Å². The van der Waals surface area contributed by atoms with E-state index in [0.29, 0.717) is 22.7 Å². The molecule has 0 bridgehead atoms. The summed E-state index contributed by atoms with van der Waals surface area (Å²) < 4.78 is 34.0.